The third-order valence-corrected chi connectivity index (χ3v) is 5.84. The van der Waals surface area contributed by atoms with Crippen LogP contribution in [0.2, 0.25) is 0 Å². The number of benzene rings is 1. The second kappa shape index (κ2) is 6.07. The molecule has 1 aliphatic rings. The van der Waals surface area contributed by atoms with E-state index in [0.29, 0.717) is 18.1 Å². The van der Waals surface area contributed by atoms with Crippen molar-refractivity contribution in [1.29, 1.82) is 0 Å². The van der Waals surface area contributed by atoms with Gasteiger partial charge in [-0.3, -0.25) is 4.79 Å². The minimum absolute atomic E-state index is 0.00291. The van der Waals surface area contributed by atoms with Crippen LogP contribution in [0.1, 0.15) is 20.7 Å². The van der Waals surface area contributed by atoms with E-state index in [1.165, 1.54) is 40.9 Å². The molecule has 0 radical (unpaired) electrons. The number of sulfone groups is 1. The zero-order valence-corrected chi connectivity index (χ0v) is 13.0. The Labute approximate surface area is 127 Å². The molecule has 1 atom stereocenters. The lowest BCUT2D eigenvalue weighted by Gasteiger charge is -2.34. The fraction of sp³-hybridized carbons (Fsp3) is 0.385. The molecule has 0 spiro atoms. The SMILES string of the molecule is CS(=O)(=O)C1CSCCN1C(=O)c1cccc(C(=O)O)c1. The fourth-order valence-electron chi connectivity index (χ4n) is 2.12. The third kappa shape index (κ3) is 3.56. The van der Waals surface area contributed by atoms with Gasteiger partial charge < -0.3 is 10.0 Å². The van der Waals surface area contributed by atoms with E-state index in [1.807, 2.05) is 0 Å². The van der Waals surface area contributed by atoms with Gasteiger partial charge in [0.25, 0.3) is 5.91 Å². The van der Waals surface area contributed by atoms with Crippen LogP contribution in [-0.2, 0) is 9.84 Å². The maximum absolute atomic E-state index is 12.5. The summed E-state index contributed by atoms with van der Waals surface area (Å²) in [5.74, 6) is -0.577. The molecule has 8 heteroatoms. The van der Waals surface area contributed by atoms with Gasteiger partial charge in [0.15, 0.2) is 9.84 Å². The standard InChI is InChI=1S/C13H15NO5S2/c1-21(18,19)11-8-20-6-5-14(11)12(15)9-3-2-4-10(7-9)13(16)17/h2-4,7,11H,5-6,8H2,1H3,(H,16,17). The average Bonchev–Trinajstić information content (AvgIpc) is 2.45. The Balaban J connectivity index is 2.33. The van der Waals surface area contributed by atoms with Crippen molar-refractivity contribution in [2.75, 3.05) is 24.3 Å². The number of carboxylic acid groups (broad SMARTS) is 1. The van der Waals surface area contributed by atoms with Crippen molar-refractivity contribution >= 4 is 33.5 Å². The fourth-order valence-corrected chi connectivity index (χ4v) is 4.93. The first-order chi connectivity index (χ1) is 9.80. The molecule has 2 rings (SSSR count). The lowest BCUT2D eigenvalue weighted by molar-refractivity contribution is 0.0697. The Morgan fingerprint density at radius 2 is 2.00 bits per heavy atom. The number of hydrogen-bond donors (Lipinski definition) is 1. The smallest absolute Gasteiger partial charge is 0.335 e. The van der Waals surface area contributed by atoms with Crippen molar-refractivity contribution in [2.45, 2.75) is 5.37 Å². The zero-order chi connectivity index (χ0) is 15.6. The highest BCUT2D eigenvalue weighted by atomic mass is 32.2. The van der Waals surface area contributed by atoms with Crippen LogP contribution in [0.5, 0.6) is 0 Å². The first-order valence-electron chi connectivity index (χ1n) is 6.21. The van der Waals surface area contributed by atoms with Gasteiger partial charge in [0.1, 0.15) is 5.37 Å². The maximum Gasteiger partial charge on any atom is 0.335 e. The Morgan fingerprint density at radius 1 is 1.33 bits per heavy atom. The summed E-state index contributed by atoms with van der Waals surface area (Å²) >= 11 is 1.49. The molecule has 0 aliphatic carbocycles. The average molecular weight is 329 g/mol. The number of rotatable bonds is 3. The summed E-state index contributed by atoms with van der Waals surface area (Å²) in [6.07, 6.45) is 1.11. The number of nitrogens with zero attached hydrogens (tertiary/aromatic N) is 1. The largest absolute Gasteiger partial charge is 0.478 e. The van der Waals surface area contributed by atoms with Crippen LogP contribution in [0.15, 0.2) is 24.3 Å². The summed E-state index contributed by atoms with van der Waals surface area (Å²) in [6, 6.07) is 5.63. The summed E-state index contributed by atoms with van der Waals surface area (Å²) in [4.78, 5) is 24.8. The highest BCUT2D eigenvalue weighted by Gasteiger charge is 2.34. The number of carbonyl (C=O) groups excluding carboxylic acids is 1. The first kappa shape index (κ1) is 15.8. The van der Waals surface area contributed by atoms with Gasteiger partial charge in [-0.25, -0.2) is 13.2 Å². The topological polar surface area (TPSA) is 91.8 Å². The van der Waals surface area contributed by atoms with Crippen molar-refractivity contribution in [3.05, 3.63) is 35.4 Å². The number of carbonyl (C=O) groups is 2. The normalized spacial score (nSPS) is 19.3. The Bertz CT molecular complexity index is 671. The number of aromatic carboxylic acids is 1. The van der Waals surface area contributed by atoms with Gasteiger partial charge in [0, 0.05) is 29.9 Å². The van der Waals surface area contributed by atoms with Crippen LogP contribution in [-0.4, -0.2) is 60.0 Å². The number of amides is 1. The predicted molar refractivity (Wildman–Crippen MR) is 80.4 cm³/mol. The number of thioether (sulfide) groups is 1. The van der Waals surface area contributed by atoms with Crippen molar-refractivity contribution in [3.63, 3.8) is 0 Å². The van der Waals surface area contributed by atoms with Gasteiger partial charge in [-0.05, 0) is 18.2 Å². The van der Waals surface area contributed by atoms with Gasteiger partial charge in [-0.15, -0.1) is 0 Å². The molecule has 0 aromatic heterocycles. The Kier molecular flexibility index (Phi) is 4.58. The first-order valence-corrected chi connectivity index (χ1v) is 9.32. The molecule has 1 heterocycles. The van der Waals surface area contributed by atoms with Crippen molar-refractivity contribution in [2.24, 2.45) is 0 Å². The van der Waals surface area contributed by atoms with Crippen LogP contribution in [0.3, 0.4) is 0 Å². The van der Waals surface area contributed by atoms with E-state index < -0.39 is 27.1 Å². The summed E-state index contributed by atoms with van der Waals surface area (Å²) in [7, 11) is -3.39. The summed E-state index contributed by atoms with van der Waals surface area (Å²) in [5.41, 5.74) is 0.193. The van der Waals surface area contributed by atoms with E-state index >= 15 is 0 Å². The molecule has 1 unspecified atom stereocenters. The summed E-state index contributed by atoms with van der Waals surface area (Å²) in [6.45, 7) is 0.332. The molecule has 1 aliphatic heterocycles. The molecule has 1 fully saturated rings. The molecule has 1 saturated heterocycles. The molecule has 21 heavy (non-hydrogen) atoms. The van der Waals surface area contributed by atoms with E-state index in [9.17, 15) is 18.0 Å². The molecule has 114 valence electrons. The second-order valence-corrected chi connectivity index (χ2v) is 8.10. The van der Waals surface area contributed by atoms with E-state index in [2.05, 4.69) is 0 Å². The lowest BCUT2D eigenvalue weighted by Crippen LogP contribution is -2.49. The highest BCUT2D eigenvalue weighted by molar-refractivity contribution is 8.00. The molecule has 6 nitrogen and oxygen atoms in total. The molecule has 1 N–H and O–H groups in total. The van der Waals surface area contributed by atoms with Gasteiger partial charge in [0.2, 0.25) is 0 Å². The summed E-state index contributed by atoms with van der Waals surface area (Å²) in [5, 5.41) is 8.09. The molecule has 0 saturated carbocycles. The van der Waals surface area contributed by atoms with Crippen molar-refractivity contribution < 1.29 is 23.1 Å². The van der Waals surface area contributed by atoms with E-state index in [0.717, 1.165) is 6.26 Å². The van der Waals surface area contributed by atoms with Crippen LogP contribution in [0, 0.1) is 0 Å². The maximum atomic E-state index is 12.5. The van der Waals surface area contributed by atoms with Crippen LogP contribution in [0.25, 0.3) is 0 Å². The Morgan fingerprint density at radius 3 is 2.62 bits per heavy atom. The lowest BCUT2D eigenvalue weighted by atomic mass is 10.1. The van der Waals surface area contributed by atoms with E-state index in [-0.39, 0.29) is 11.1 Å². The van der Waals surface area contributed by atoms with Crippen molar-refractivity contribution in [3.8, 4) is 0 Å². The minimum Gasteiger partial charge on any atom is -0.478 e. The highest BCUT2D eigenvalue weighted by Crippen LogP contribution is 2.22. The summed E-state index contributed by atoms with van der Waals surface area (Å²) < 4.78 is 23.6. The monoisotopic (exact) mass is 329 g/mol. The van der Waals surface area contributed by atoms with Gasteiger partial charge in [-0.1, -0.05) is 6.07 Å². The van der Waals surface area contributed by atoms with Gasteiger partial charge in [0.05, 0.1) is 5.56 Å². The molecule has 1 aromatic rings. The quantitative estimate of drug-likeness (QED) is 0.887. The Hall–Kier alpha value is -1.54. The van der Waals surface area contributed by atoms with Gasteiger partial charge in [-0.2, -0.15) is 11.8 Å². The van der Waals surface area contributed by atoms with Crippen molar-refractivity contribution in [1.82, 2.24) is 4.90 Å². The second-order valence-electron chi connectivity index (χ2n) is 4.74. The molecule has 1 amide bonds. The predicted octanol–water partition coefficient (Wildman–Crippen LogP) is 0.944. The zero-order valence-electron chi connectivity index (χ0n) is 11.4. The van der Waals surface area contributed by atoms with E-state index in [4.69, 9.17) is 5.11 Å². The molecular weight excluding hydrogens is 314 g/mol. The molecule has 0 bridgehead atoms. The number of hydrogen-bond acceptors (Lipinski definition) is 5. The molecular formula is C13H15NO5S2. The third-order valence-electron chi connectivity index (χ3n) is 3.20. The number of carboxylic acids is 1. The van der Waals surface area contributed by atoms with Crippen LogP contribution < -0.4 is 0 Å². The minimum atomic E-state index is -3.39. The van der Waals surface area contributed by atoms with E-state index in [1.54, 1.807) is 0 Å². The van der Waals surface area contributed by atoms with Gasteiger partial charge >= 0.3 is 5.97 Å². The molecule has 1 aromatic carbocycles. The van der Waals surface area contributed by atoms with Crippen LogP contribution in [0.4, 0.5) is 0 Å². The van der Waals surface area contributed by atoms with Crippen LogP contribution >= 0.6 is 11.8 Å².